The fourth-order valence-electron chi connectivity index (χ4n) is 2.71. The van der Waals surface area contributed by atoms with Gasteiger partial charge in [-0.1, -0.05) is 18.2 Å². The van der Waals surface area contributed by atoms with Gasteiger partial charge >= 0.3 is 5.97 Å². The van der Waals surface area contributed by atoms with Crippen molar-refractivity contribution >= 4 is 23.6 Å². The maximum Gasteiger partial charge on any atom is 0.340 e. The van der Waals surface area contributed by atoms with Crippen LogP contribution in [0.4, 0.5) is 5.69 Å². The van der Waals surface area contributed by atoms with Crippen LogP contribution in [0.3, 0.4) is 0 Å². The number of methoxy groups -OCH3 is 3. The molecule has 0 spiro atoms. The third-order valence-corrected chi connectivity index (χ3v) is 4.10. The number of carbonyl (C=O) groups excluding carboxylic acids is 2. The van der Waals surface area contributed by atoms with Crippen molar-refractivity contribution in [2.45, 2.75) is 0 Å². The zero-order valence-electron chi connectivity index (χ0n) is 15.2. The first-order chi connectivity index (χ1) is 13.1. The third-order valence-electron chi connectivity index (χ3n) is 4.10. The molecule has 27 heavy (non-hydrogen) atoms. The molecule has 1 aliphatic rings. The topological polar surface area (TPSA) is 83.1 Å². The molecule has 0 saturated heterocycles. The smallest absolute Gasteiger partial charge is 0.340 e. The van der Waals surface area contributed by atoms with Gasteiger partial charge in [0.2, 0.25) is 0 Å². The molecule has 140 valence electrons. The van der Waals surface area contributed by atoms with Gasteiger partial charge in [-0.25, -0.2) is 4.79 Å². The molecule has 2 aromatic rings. The highest BCUT2D eigenvalue weighted by Crippen LogP contribution is 2.34. The quantitative estimate of drug-likeness (QED) is 0.816. The van der Waals surface area contributed by atoms with Crippen LogP contribution in [-0.4, -0.2) is 39.8 Å². The Morgan fingerprint density at radius 3 is 2.44 bits per heavy atom. The number of esters is 1. The number of fused-ring (bicyclic) bond motifs is 1. The Kier molecular flexibility index (Phi) is 5.30. The van der Waals surface area contributed by atoms with E-state index >= 15 is 0 Å². The highest BCUT2D eigenvalue weighted by atomic mass is 16.5. The minimum Gasteiger partial charge on any atom is -0.493 e. The maximum atomic E-state index is 12.7. The summed E-state index contributed by atoms with van der Waals surface area (Å²) in [5.74, 6) is 0.451. The molecule has 1 heterocycles. The van der Waals surface area contributed by atoms with Gasteiger partial charge in [-0.3, -0.25) is 4.79 Å². The van der Waals surface area contributed by atoms with Crippen molar-refractivity contribution in [1.29, 1.82) is 0 Å². The molecule has 7 nitrogen and oxygen atoms in total. The Morgan fingerprint density at radius 1 is 1.04 bits per heavy atom. The number of anilines is 1. The van der Waals surface area contributed by atoms with Gasteiger partial charge in [0.15, 0.2) is 11.5 Å². The van der Waals surface area contributed by atoms with E-state index in [0.29, 0.717) is 17.1 Å². The van der Waals surface area contributed by atoms with Gasteiger partial charge in [0.05, 0.1) is 38.2 Å². The van der Waals surface area contributed by atoms with Gasteiger partial charge in [-0.15, -0.1) is 0 Å². The summed E-state index contributed by atoms with van der Waals surface area (Å²) < 4.78 is 20.9. The number of ether oxygens (including phenoxy) is 4. The van der Waals surface area contributed by atoms with Crippen molar-refractivity contribution < 1.29 is 28.5 Å². The zero-order valence-corrected chi connectivity index (χ0v) is 15.2. The van der Waals surface area contributed by atoms with Crippen LogP contribution in [0.25, 0.3) is 6.08 Å². The lowest BCUT2D eigenvalue weighted by Crippen LogP contribution is -2.22. The van der Waals surface area contributed by atoms with Crippen LogP contribution in [0.15, 0.2) is 42.0 Å². The van der Waals surface area contributed by atoms with Gasteiger partial charge in [0.1, 0.15) is 12.4 Å². The summed E-state index contributed by atoms with van der Waals surface area (Å²) in [5.41, 5.74) is 1.65. The molecular formula is C20H19NO6. The second-order valence-electron chi connectivity index (χ2n) is 5.69. The van der Waals surface area contributed by atoms with Crippen LogP contribution >= 0.6 is 0 Å². The van der Waals surface area contributed by atoms with Gasteiger partial charge in [-0.05, 0) is 12.1 Å². The largest absolute Gasteiger partial charge is 0.493 e. The van der Waals surface area contributed by atoms with Gasteiger partial charge in [0.25, 0.3) is 5.91 Å². The molecule has 2 aromatic carbocycles. The van der Waals surface area contributed by atoms with Crippen molar-refractivity contribution in [3.05, 3.63) is 53.1 Å². The van der Waals surface area contributed by atoms with E-state index in [-0.39, 0.29) is 23.8 Å². The molecule has 1 N–H and O–H groups in total. The number of hydrogen-bond donors (Lipinski definition) is 1. The number of hydrogen-bond acceptors (Lipinski definition) is 6. The summed E-state index contributed by atoms with van der Waals surface area (Å²) in [6.07, 6.45) is 1.76. The van der Waals surface area contributed by atoms with Gasteiger partial charge < -0.3 is 24.3 Å². The van der Waals surface area contributed by atoms with Crippen LogP contribution in [0.1, 0.15) is 15.9 Å². The molecule has 0 radical (unpaired) electrons. The number of amides is 1. The molecule has 0 bridgehead atoms. The van der Waals surface area contributed by atoms with Gasteiger partial charge in [-0.2, -0.15) is 0 Å². The van der Waals surface area contributed by atoms with E-state index < -0.39 is 5.97 Å². The number of carbonyl (C=O) groups is 2. The third kappa shape index (κ3) is 3.72. The number of rotatable bonds is 5. The second-order valence-corrected chi connectivity index (χ2v) is 5.69. The van der Waals surface area contributed by atoms with E-state index in [0.717, 1.165) is 11.3 Å². The molecule has 0 atom stereocenters. The van der Waals surface area contributed by atoms with Crippen molar-refractivity contribution in [1.82, 2.24) is 0 Å². The average molecular weight is 369 g/mol. The maximum absolute atomic E-state index is 12.7. The minimum atomic E-state index is -0.606. The Balaban J connectivity index is 1.94. The fourth-order valence-corrected chi connectivity index (χ4v) is 2.71. The number of benzene rings is 2. The monoisotopic (exact) mass is 369 g/mol. The van der Waals surface area contributed by atoms with E-state index in [2.05, 4.69) is 5.32 Å². The van der Waals surface area contributed by atoms with Crippen LogP contribution in [0.2, 0.25) is 0 Å². The Morgan fingerprint density at radius 2 is 1.74 bits per heavy atom. The predicted molar refractivity (Wildman–Crippen MR) is 99.4 cm³/mol. The molecule has 0 aromatic heterocycles. The first-order valence-electron chi connectivity index (χ1n) is 8.15. The lowest BCUT2D eigenvalue weighted by molar-refractivity contribution is -0.113. The van der Waals surface area contributed by atoms with Crippen LogP contribution in [0, 0.1) is 0 Å². The molecule has 3 rings (SSSR count). The second kappa shape index (κ2) is 7.82. The normalized spacial score (nSPS) is 12.2. The predicted octanol–water partition coefficient (Wildman–Crippen LogP) is 2.90. The van der Waals surface area contributed by atoms with Crippen LogP contribution < -0.4 is 19.5 Å². The Bertz CT molecular complexity index is 919. The summed E-state index contributed by atoms with van der Waals surface area (Å²) in [7, 11) is 4.19. The first kappa shape index (κ1) is 18.3. The summed E-state index contributed by atoms with van der Waals surface area (Å²) in [6, 6.07) is 10.4. The summed E-state index contributed by atoms with van der Waals surface area (Å²) in [5, 5.41) is 2.73. The molecule has 1 aliphatic heterocycles. The Hall–Kier alpha value is -3.48. The molecular weight excluding hydrogens is 350 g/mol. The summed E-state index contributed by atoms with van der Waals surface area (Å²) in [4.78, 5) is 24.8. The van der Waals surface area contributed by atoms with Crippen molar-refractivity contribution in [3.8, 4) is 17.2 Å². The van der Waals surface area contributed by atoms with Crippen molar-refractivity contribution in [3.63, 3.8) is 0 Å². The zero-order chi connectivity index (χ0) is 19.4. The lowest BCUT2D eigenvalue weighted by atomic mass is 10.1. The van der Waals surface area contributed by atoms with Crippen molar-refractivity contribution in [2.75, 3.05) is 33.3 Å². The van der Waals surface area contributed by atoms with Crippen LogP contribution in [-0.2, 0) is 9.53 Å². The molecule has 0 saturated carbocycles. The lowest BCUT2D eigenvalue weighted by Gasteiger charge is -2.19. The van der Waals surface area contributed by atoms with E-state index in [9.17, 15) is 9.59 Å². The molecule has 0 unspecified atom stereocenters. The molecule has 7 heteroatoms. The van der Waals surface area contributed by atoms with Crippen LogP contribution in [0.5, 0.6) is 17.2 Å². The Labute approximate surface area is 156 Å². The highest BCUT2D eigenvalue weighted by Gasteiger charge is 2.22. The molecule has 0 fully saturated rings. The molecule has 0 aliphatic carbocycles. The van der Waals surface area contributed by atoms with E-state index in [1.165, 1.54) is 33.5 Å². The van der Waals surface area contributed by atoms with E-state index in [1.807, 2.05) is 24.3 Å². The molecule has 1 amide bonds. The standard InChI is InChI=1S/C20H19NO6/c1-24-17-9-14(20(23)26-3)15(10-18(17)25-2)21-19(22)13-8-12-6-4-5-7-16(12)27-11-13/h4-10H,11H2,1-3H3,(H,21,22). The summed E-state index contributed by atoms with van der Waals surface area (Å²) >= 11 is 0. The fraction of sp³-hybridized carbons (Fsp3) is 0.200. The number of nitrogens with one attached hydrogen (secondary N) is 1. The van der Waals surface area contributed by atoms with Gasteiger partial charge in [0, 0.05) is 17.7 Å². The van der Waals surface area contributed by atoms with E-state index in [4.69, 9.17) is 18.9 Å². The SMILES string of the molecule is COC(=O)c1cc(OC)c(OC)cc1NC(=O)C1=Cc2ccccc2OC1. The minimum absolute atomic E-state index is 0.129. The highest BCUT2D eigenvalue weighted by molar-refractivity contribution is 6.10. The van der Waals surface area contributed by atoms with Crippen molar-refractivity contribution in [2.24, 2.45) is 0 Å². The van der Waals surface area contributed by atoms with E-state index in [1.54, 1.807) is 6.08 Å². The first-order valence-corrected chi connectivity index (χ1v) is 8.15. The summed E-state index contributed by atoms with van der Waals surface area (Å²) in [6.45, 7) is 0.129. The number of para-hydroxylation sites is 1. The average Bonchev–Trinajstić information content (AvgIpc) is 2.72.